The van der Waals surface area contributed by atoms with Gasteiger partial charge in [-0.1, -0.05) is 17.7 Å². The Bertz CT molecular complexity index is 1510. The van der Waals surface area contributed by atoms with E-state index < -0.39 is 0 Å². The number of rotatable bonds is 9. The molecule has 3 aromatic rings. The summed E-state index contributed by atoms with van der Waals surface area (Å²) < 4.78 is 16.7. The van der Waals surface area contributed by atoms with Crippen LogP contribution in [0, 0.1) is 20.8 Å². The van der Waals surface area contributed by atoms with Crippen molar-refractivity contribution in [2.45, 2.75) is 46.6 Å². The molecule has 2 aliphatic heterocycles. The Labute approximate surface area is 245 Å². The molecule has 0 bridgehead atoms. The zero-order valence-electron chi connectivity index (χ0n) is 25.0. The highest BCUT2D eigenvalue weighted by atomic mass is 16.5. The monoisotopic (exact) mass is 574 g/mol. The first kappa shape index (κ1) is 29.0. The first-order valence-electron chi connectivity index (χ1n) is 14.2. The highest BCUT2D eigenvalue weighted by Crippen LogP contribution is 2.42. The number of aryl methyl sites for hydroxylation is 3. The van der Waals surface area contributed by atoms with Gasteiger partial charge < -0.3 is 24.4 Å². The van der Waals surface area contributed by atoms with Crippen molar-refractivity contribution >= 4 is 23.5 Å². The number of hydrogen-bond donors (Lipinski definition) is 2. The molecule has 2 aliphatic rings. The largest absolute Gasteiger partial charge is 0.493 e. The molecule has 3 heterocycles. The van der Waals surface area contributed by atoms with Gasteiger partial charge in [0, 0.05) is 26.1 Å². The van der Waals surface area contributed by atoms with Gasteiger partial charge in [0.15, 0.2) is 22.9 Å². The SMILES string of the molecule is CCOc1cc2c(cc1OC)C1CC(=Nc3c(C)cc(C)cc3C)N(CCNC(=O)c3[nH]ncc3OC)C(=O)N1CC2. The van der Waals surface area contributed by atoms with Crippen LogP contribution in [0.15, 0.2) is 35.5 Å². The maximum absolute atomic E-state index is 14.1. The number of carbonyl (C=O) groups is 2. The summed E-state index contributed by atoms with van der Waals surface area (Å²) in [7, 11) is 3.10. The van der Waals surface area contributed by atoms with E-state index in [0.29, 0.717) is 49.1 Å². The van der Waals surface area contributed by atoms with Crippen LogP contribution in [0.5, 0.6) is 17.2 Å². The highest BCUT2D eigenvalue weighted by Gasteiger charge is 2.41. The number of ether oxygens (including phenoxy) is 3. The summed E-state index contributed by atoms with van der Waals surface area (Å²) >= 11 is 0. The molecular formula is C31H38N6O5. The smallest absolute Gasteiger partial charge is 0.326 e. The van der Waals surface area contributed by atoms with Crippen molar-refractivity contribution in [2.24, 2.45) is 4.99 Å². The van der Waals surface area contributed by atoms with Crippen LogP contribution in [0.2, 0.25) is 0 Å². The van der Waals surface area contributed by atoms with E-state index in [1.54, 1.807) is 12.0 Å². The van der Waals surface area contributed by atoms with Crippen LogP contribution >= 0.6 is 0 Å². The van der Waals surface area contributed by atoms with Gasteiger partial charge in [0.05, 0.1) is 38.8 Å². The Kier molecular flexibility index (Phi) is 8.37. The molecule has 0 spiro atoms. The highest BCUT2D eigenvalue weighted by molar-refractivity contribution is 6.02. The van der Waals surface area contributed by atoms with Crippen molar-refractivity contribution in [3.05, 3.63) is 64.0 Å². The van der Waals surface area contributed by atoms with Gasteiger partial charge >= 0.3 is 6.03 Å². The van der Waals surface area contributed by atoms with Gasteiger partial charge in [-0.3, -0.25) is 14.8 Å². The van der Waals surface area contributed by atoms with E-state index in [4.69, 9.17) is 19.2 Å². The van der Waals surface area contributed by atoms with Crippen molar-refractivity contribution in [1.29, 1.82) is 0 Å². The van der Waals surface area contributed by atoms with Gasteiger partial charge in [-0.05, 0) is 68.5 Å². The van der Waals surface area contributed by atoms with Gasteiger partial charge in [0.1, 0.15) is 5.84 Å². The minimum Gasteiger partial charge on any atom is -0.493 e. The molecule has 2 aromatic carbocycles. The van der Waals surface area contributed by atoms with E-state index in [1.807, 2.05) is 37.8 Å². The molecule has 3 amide bonds. The fourth-order valence-electron chi connectivity index (χ4n) is 5.91. The van der Waals surface area contributed by atoms with Crippen LogP contribution in [0.1, 0.15) is 57.7 Å². The second-order valence-electron chi connectivity index (χ2n) is 10.6. The molecule has 42 heavy (non-hydrogen) atoms. The van der Waals surface area contributed by atoms with Gasteiger partial charge in [-0.25, -0.2) is 9.79 Å². The van der Waals surface area contributed by atoms with E-state index in [0.717, 1.165) is 33.5 Å². The number of aliphatic imine (C=N–C) groups is 1. The number of carbonyl (C=O) groups excluding carboxylic acids is 2. The zero-order chi connectivity index (χ0) is 30.0. The lowest BCUT2D eigenvalue weighted by Crippen LogP contribution is -2.56. The Balaban J connectivity index is 1.48. The van der Waals surface area contributed by atoms with Gasteiger partial charge in [-0.15, -0.1) is 0 Å². The average molecular weight is 575 g/mol. The molecule has 1 unspecified atom stereocenters. The third-order valence-electron chi connectivity index (χ3n) is 7.80. The standard InChI is InChI=1S/C31H38N6O5/c1-7-42-25-14-21-8-10-36-23(22(21)15-24(25)40-5)16-27(34-28-19(3)12-18(2)13-20(28)4)37(31(36)39)11-9-32-30(38)29-26(41-6)17-33-35-29/h12-15,17,23H,7-11,16H2,1-6H3,(H,32,38)(H,33,35). The summed E-state index contributed by atoms with van der Waals surface area (Å²) in [5.41, 5.74) is 6.52. The molecule has 222 valence electrons. The minimum atomic E-state index is -0.362. The minimum absolute atomic E-state index is 0.140. The molecule has 1 atom stereocenters. The molecule has 11 heteroatoms. The fraction of sp³-hybridized carbons (Fsp3) is 0.419. The molecule has 0 saturated carbocycles. The molecule has 0 aliphatic carbocycles. The van der Waals surface area contributed by atoms with E-state index in [-0.39, 0.29) is 36.8 Å². The summed E-state index contributed by atoms with van der Waals surface area (Å²) in [6, 6.07) is 7.90. The Morgan fingerprint density at radius 1 is 1.10 bits per heavy atom. The van der Waals surface area contributed by atoms with Crippen molar-refractivity contribution in [1.82, 2.24) is 25.3 Å². The lowest BCUT2D eigenvalue weighted by molar-refractivity contribution is 0.0938. The molecule has 1 saturated heterocycles. The summed E-state index contributed by atoms with van der Waals surface area (Å²) in [5, 5.41) is 9.42. The number of urea groups is 1. The van der Waals surface area contributed by atoms with Crippen LogP contribution in [-0.4, -0.2) is 78.2 Å². The number of nitrogens with zero attached hydrogens (tertiary/aromatic N) is 4. The first-order valence-corrected chi connectivity index (χ1v) is 14.2. The number of fused-ring (bicyclic) bond motifs is 3. The van der Waals surface area contributed by atoms with Crippen molar-refractivity contribution in [3.63, 3.8) is 0 Å². The van der Waals surface area contributed by atoms with Crippen LogP contribution in [0.4, 0.5) is 10.5 Å². The number of benzene rings is 2. The average Bonchev–Trinajstić information content (AvgIpc) is 3.45. The number of H-pyrrole nitrogens is 1. The third-order valence-corrected chi connectivity index (χ3v) is 7.80. The first-order chi connectivity index (χ1) is 20.2. The molecule has 1 fully saturated rings. The van der Waals surface area contributed by atoms with E-state index >= 15 is 0 Å². The number of aromatic nitrogens is 2. The number of methoxy groups -OCH3 is 2. The summed E-state index contributed by atoms with van der Waals surface area (Å²) in [6.45, 7) is 9.66. The molecule has 1 aromatic heterocycles. The van der Waals surface area contributed by atoms with Crippen LogP contribution < -0.4 is 19.5 Å². The van der Waals surface area contributed by atoms with E-state index in [2.05, 4.69) is 34.6 Å². The molecule has 5 rings (SSSR count). The Morgan fingerprint density at radius 3 is 2.52 bits per heavy atom. The number of nitrogens with one attached hydrogen (secondary N) is 2. The number of hydrogen-bond acceptors (Lipinski definition) is 7. The number of aromatic amines is 1. The predicted octanol–water partition coefficient (Wildman–Crippen LogP) is 4.64. The number of amidine groups is 1. The van der Waals surface area contributed by atoms with Gasteiger partial charge in [0.2, 0.25) is 0 Å². The third kappa shape index (κ3) is 5.50. The van der Waals surface area contributed by atoms with Gasteiger partial charge in [-0.2, -0.15) is 5.10 Å². The lowest BCUT2D eigenvalue weighted by atomic mass is 9.88. The van der Waals surface area contributed by atoms with Crippen LogP contribution in [0.25, 0.3) is 0 Å². The van der Waals surface area contributed by atoms with Crippen LogP contribution in [0.3, 0.4) is 0 Å². The molecule has 0 radical (unpaired) electrons. The topological polar surface area (TPSA) is 121 Å². The van der Waals surface area contributed by atoms with Crippen molar-refractivity contribution < 1.29 is 23.8 Å². The van der Waals surface area contributed by atoms with E-state index in [9.17, 15) is 9.59 Å². The van der Waals surface area contributed by atoms with Crippen molar-refractivity contribution in [2.75, 3.05) is 40.5 Å². The quantitative estimate of drug-likeness (QED) is 0.384. The summed E-state index contributed by atoms with van der Waals surface area (Å²) in [5.74, 6) is 2.00. The predicted molar refractivity (Wildman–Crippen MR) is 159 cm³/mol. The zero-order valence-corrected chi connectivity index (χ0v) is 25.0. The molecule has 2 N–H and O–H groups in total. The summed E-state index contributed by atoms with van der Waals surface area (Å²) in [6.07, 6.45) is 2.67. The second kappa shape index (κ2) is 12.1. The fourth-order valence-corrected chi connectivity index (χ4v) is 5.91. The molecule has 11 nitrogen and oxygen atoms in total. The van der Waals surface area contributed by atoms with Gasteiger partial charge in [0.25, 0.3) is 5.91 Å². The van der Waals surface area contributed by atoms with Crippen LogP contribution in [-0.2, 0) is 6.42 Å². The second-order valence-corrected chi connectivity index (χ2v) is 10.6. The lowest BCUT2D eigenvalue weighted by Gasteiger charge is -2.45. The maximum Gasteiger partial charge on any atom is 0.326 e. The maximum atomic E-state index is 14.1. The summed E-state index contributed by atoms with van der Waals surface area (Å²) in [4.78, 5) is 35.6. The number of amides is 3. The Morgan fingerprint density at radius 2 is 1.83 bits per heavy atom. The normalized spacial score (nSPS) is 17.1. The Hall–Kier alpha value is -4.54. The van der Waals surface area contributed by atoms with Crippen molar-refractivity contribution in [3.8, 4) is 17.2 Å². The molecular weight excluding hydrogens is 536 g/mol. The van der Waals surface area contributed by atoms with E-state index in [1.165, 1.54) is 13.3 Å².